The Bertz CT molecular complexity index is 1160. The number of phosphoric acid groups is 1. The van der Waals surface area contributed by atoms with Crippen molar-refractivity contribution in [1.29, 1.82) is 0 Å². The molecule has 0 saturated carbocycles. The average molecular weight is 865 g/mol. The Labute approximate surface area is 367 Å². The van der Waals surface area contributed by atoms with E-state index in [4.69, 9.17) is 23.6 Å². The van der Waals surface area contributed by atoms with Crippen molar-refractivity contribution in [2.24, 2.45) is 0 Å². The molecule has 0 aliphatic heterocycles. The van der Waals surface area contributed by atoms with E-state index in [1.54, 1.807) is 0 Å². The number of ether oxygens (including phenoxy) is 2. The molecule has 9 nitrogen and oxygen atoms in total. The molecule has 0 saturated heterocycles. The molecule has 0 radical (unpaired) electrons. The SMILES string of the molecule is CC/C=C\C/C=C\C/C=C\C/C=C\C/C=C\C/C=C\CCCCCCC(=O)OC(COCCCCCCCCCCCCCCCCCC)COP(=O)(O)OCC(O)CO. The molecule has 0 heterocycles. The summed E-state index contributed by atoms with van der Waals surface area (Å²) in [5, 5.41) is 18.4. The van der Waals surface area contributed by atoms with Gasteiger partial charge < -0.3 is 24.6 Å². The number of esters is 1. The van der Waals surface area contributed by atoms with Crippen LogP contribution in [0.1, 0.15) is 194 Å². The van der Waals surface area contributed by atoms with E-state index in [2.05, 4.69) is 86.8 Å². The van der Waals surface area contributed by atoms with Crippen molar-refractivity contribution in [3.05, 3.63) is 72.9 Å². The quantitative estimate of drug-likeness (QED) is 0.0237. The topological polar surface area (TPSA) is 132 Å². The average Bonchev–Trinajstić information content (AvgIpc) is 3.24. The minimum absolute atomic E-state index is 0.0374. The minimum Gasteiger partial charge on any atom is -0.457 e. The highest BCUT2D eigenvalue weighted by molar-refractivity contribution is 7.47. The van der Waals surface area contributed by atoms with Crippen LogP contribution in [-0.2, 0) is 27.9 Å². The highest BCUT2D eigenvalue weighted by atomic mass is 31.2. The summed E-state index contributed by atoms with van der Waals surface area (Å²) in [4.78, 5) is 22.6. The third-order valence-corrected chi connectivity index (χ3v) is 10.9. The van der Waals surface area contributed by atoms with Crippen LogP contribution >= 0.6 is 7.82 Å². The highest BCUT2D eigenvalue weighted by Gasteiger charge is 2.26. The van der Waals surface area contributed by atoms with Crippen LogP contribution in [0.4, 0.5) is 0 Å². The molecule has 0 bridgehead atoms. The summed E-state index contributed by atoms with van der Waals surface area (Å²) in [6, 6.07) is 0. The van der Waals surface area contributed by atoms with Crippen LogP contribution in [0.3, 0.4) is 0 Å². The Morgan fingerprint density at radius 2 is 0.950 bits per heavy atom. The van der Waals surface area contributed by atoms with Crippen LogP contribution in [0.15, 0.2) is 72.9 Å². The smallest absolute Gasteiger partial charge is 0.457 e. The molecule has 0 aliphatic carbocycles. The number of carbonyl (C=O) groups is 1. The van der Waals surface area contributed by atoms with Gasteiger partial charge in [-0.05, 0) is 64.2 Å². The van der Waals surface area contributed by atoms with Crippen LogP contribution in [0.25, 0.3) is 0 Å². The van der Waals surface area contributed by atoms with Crippen molar-refractivity contribution in [1.82, 2.24) is 0 Å². The first-order chi connectivity index (χ1) is 29.3. The summed E-state index contributed by atoms with van der Waals surface area (Å²) in [5.41, 5.74) is 0. The van der Waals surface area contributed by atoms with Gasteiger partial charge in [-0.2, -0.15) is 0 Å². The van der Waals surface area contributed by atoms with Gasteiger partial charge in [0, 0.05) is 13.0 Å². The predicted molar refractivity (Wildman–Crippen MR) is 251 cm³/mol. The lowest BCUT2D eigenvalue weighted by atomic mass is 10.0. The first kappa shape index (κ1) is 57.9. The summed E-state index contributed by atoms with van der Waals surface area (Å²) in [6.45, 7) is 3.38. The fourth-order valence-corrected chi connectivity index (χ4v) is 7.09. The van der Waals surface area contributed by atoms with Crippen molar-refractivity contribution in [2.75, 3.05) is 33.0 Å². The molecule has 0 rings (SSSR count). The monoisotopic (exact) mass is 865 g/mol. The maximum absolute atomic E-state index is 12.7. The van der Waals surface area contributed by atoms with Gasteiger partial charge in [-0.15, -0.1) is 0 Å². The molecule has 0 spiro atoms. The second kappa shape index (κ2) is 46.4. The van der Waals surface area contributed by atoms with Crippen LogP contribution < -0.4 is 0 Å². The summed E-state index contributed by atoms with van der Waals surface area (Å²) in [6.07, 6.45) is 55.7. The normalized spacial score (nSPS) is 14.6. The fraction of sp³-hybridized carbons (Fsp3) is 0.740. The molecule has 0 aromatic heterocycles. The van der Waals surface area contributed by atoms with Gasteiger partial charge >= 0.3 is 13.8 Å². The standard InChI is InChI=1S/C50H89O9P/c1-3-5-7-9-11-13-15-17-19-21-22-23-24-25-26-27-28-30-32-34-36-38-40-42-50(53)59-49(47-58-60(54,55)57-45-48(52)44-51)46-56-43-41-39-37-35-33-31-29-20-18-16-14-12-10-8-6-4-2/h5,7,11,13,17,19,22-23,25-26,28,30,48-49,51-52H,3-4,6,8-10,12,14-16,18,20-21,24,27,29,31-47H2,1-2H3,(H,54,55)/b7-5-,13-11-,19-17-,23-22-,26-25-,30-28-. The molecule has 0 aromatic rings. The van der Waals surface area contributed by atoms with Gasteiger partial charge in [0.05, 0.1) is 26.4 Å². The van der Waals surface area contributed by atoms with E-state index in [-0.39, 0.29) is 19.6 Å². The van der Waals surface area contributed by atoms with Crippen LogP contribution in [0.5, 0.6) is 0 Å². The number of aliphatic hydroxyl groups excluding tert-OH is 2. The Morgan fingerprint density at radius 3 is 1.43 bits per heavy atom. The van der Waals surface area contributed by atoms with Crippen molar-refractivity contribution >= 4 is 13.8 Å². The minimum atomic E-state index is -4.53. The third-order valence-electron chi connectivity index (χ3n) is 9.91. The van der Waals surface area contributed by atoms with E-state index < -0.39 is 39.2 Å². The van der Waals surface area contributed by atoms with Crippen molar-refractivity contribution in [3.8, 4) is 0 Å². The Hall–Kier alpha value is -2.10. The number of unbranched alkanes of at least 4 members (excludes halogenated alkanes) is 19. The van der Waals surface area contributed by atoms with Crippen molar-refractivity contribution < 1.29 is 43.0 Å². The number of hydrogen-bond donors (Lipinski definition) is 3. The Kier molecular flexibility index (Phi) is 44.8. The maximum Gasteiger partial charge on any atom is 0.472 e. The summed E-state index contributed by atoms with van der Waals surface area (Å²) < 4.78 is 33.4. The van der Waals surface area contributed by atoms with E-state index in [1.807, 2.05) is 0 Å². The van der Waals surface area contributed by atoms with Crippen molar-refractivity contribution in [2.45, 2.75) is 206 Å². The number of aliphatic hydroxyl groups is 2. The van der Waals surface area contributed by atoms with Gasteiger partial charge in [0.2, 0.25) is 0 Å². The van der Waals surface area contributed by atoms with Crippen LogP contribution in [0, 0.1) is 0 Å². The second-order valence-corrected chi connectivity index (χ2v) is 17.2. The molecule has 0 aliphatic rings. The second-order valence-electron chi connectivity index (χ2n) is 15.8. The molecule has 10 heteroatoms. The van der Waals surface area contributed by atoms with E-state index in [9.17, 15) is 19.4 Å². The van der Waals surface area contributed by atoms with Crippen LogP contribution in [-0.4, -0.2) is 66.3 Å². The van der Waals surface area contributed by atoms with E-state index in [0.29, 0.717) is 13.0 Å². The molecular weight excluding hydrogens is 776 g/mol. The van der Waals surface area contributed by atoms with Crippen molar-refractivity contribution in [3.63, 3.8) is 0 Å². The van der Waals surface area contributed by atoms with E-state index in [0.717, 1.165) is 83.5 Å². The summed E-state index contributed by atoms with van der Waals surface area (Å²) in [7, 11) is -4.53. The number of phosphoric ester groups is 1. The molecule has 0 fully saturated rings. The zero-order chi connectivity index (χ0) is 43.9. The fourth-order valence-electron chi connectivity index (χ4n) is 6.30. The zero-order valence-corrected chi connectivity index (χ0v) is 39.1. The van der Waals surface area contributed by atoms with E-state index in [1.165, 1.54) is 83.5 Å². The van der Waals surface area contributed by atoms with Gasteiger partial charge in [0.25, 0.3) is 0 Å². The Morgan fingerprint density at radius 1 is 0.533 bits per heavy atom. The zero-order valence-electron chi connectivity index (χ0n) is 38.2. The van der Waals surface area contributed by atoms with Gasteiger partial charge in [-0.3, -0.25) is 13.8 Å². The van der Waals surface area contributed by atoms with Crippen LogP contribution in [0.2, 0.25) is 0 Å². The first-order valence-electron chi connectivity index (χ1n) is 23.9. The van der Waals surface area contributed by atoms with Gasteiger partial charge in [0.15, 0.2) is 0 Å². The summed E-state index contributed by atoms with van der Waals surface area (Å²) >= 11 is 0. The number of hydrogen-bond acceptors (Lipinski definition) is 8. The van der Waals surface area contributed by atoms with Gasteiger partial charge in [-0.25, -0.2) is 4.57 Å². The molecule has 3 N–H and O–H groups in total. The molecule has 0 aromatic carbocycles. The molecular formula is C50H89O9P. The molecule has 60 heavy (non-hydrogen) atoms. The largest absolute Gasteiger partial charge is 0.472 e. The molecule has 348 valence electrons. The third kappa shape index (κ3) is 45.4. The molecule has 0 amide bonds. The lowest BCUT2D eigenvalue weighted by Crippen LogP contribution is -2.29. The predicted octanol–water partition coefficient (Wildman–Crippen LogP) is 13.7. The lowest BCUT2D eigenvalue weighted by Gasteiger charge is -2.20. The first-order valence-corrected chi connectivity index (χ1v) is 25.4. The molecule has 3 atom stereocenters. The highest BCUT2D eigenvalue weighted by Crippen LogP contribution is 2.43. The maximum atomic E-state index is 12.7. The lowest BCUT2D eigenvalue weighted by molar-refractivity contribution is -0.154. The van der Waals surface area contributed by atoms with Gasteiger partial charge in [-0.1, -0.05) is 196 Å². The number of allylic oxidation sites excluding steroid dienone is 12. The Balaban J connectivity index is 4.19. The molecule has 3 unspecified atom stereocenters. The van der Waals surface area contributed by atoms with Gasteiger partial charge in [0.1, 0.15) is 12.2 Å². The number of carbonyl (C=O) groups excluding carboxylic acids is 1. The van der Waals surface area contributed by atoms with E-state index >= 15 is 0 Å². The number of rotatable bonds is 45. The summed E-state index contributed by atoms with van der Waals surface area (Å²) in [5.74, 6) is -0.407.